The van der Waals surface area contributed by atoms with Gasteiger partial charge in [0.1, 0.15) is 0 Å². The SMILES string of the molecule is O=C(Cl)Cc1cc(C(=O)Cl)ccc1C(=O)Cl. The van der Waals surface area contributed by atoms with Gasteiger partial charge in [-0.3, -0.25) is 14.4 Å². The lowest BCUT2D eigenvalue weighted by Gasteiger charge is -2.04. The monoisotopic (exact) mass is 278 g/mol. The molecule has 0 atom stereocenters. The van der Waals surface area contributed by atoms with Crippen LogP contribution in [-0.4, -0.2) is 15.7 Å². The molecule has 0 bridgehead atoms. The van der Waals surface area contributed by atoms with Crippen LogP contribution < -0.4 is 0 Å². The Labute approximate surface area is 106 Å². The van der Waals surface area contributed by atoms with Gasteiger partial charge < -0.3 is 0 Å². The molecule has 0 saturated heterocycles. The summed E-state index contributed by atoms with van der Waals surface area (Å²) < 4.78 is 0. The quantitative estimate of drug-likeness (QED) is 0.796. The van der Waals surface area contributed by atoms with Crippen LogP contribution in [0, 0.1) is 0 Å². The van der Waals surface area contributed by atoms with Gasteiger partial charge in [0.2, 0.25) is 5.24 Å². The van der Waals surface area contributed by atoms with Crippen LogP contribution in [0.5, 0.6) is 0 Å². The predicted octanol–water partition coefficient (Wildman–Crippen LogP) is 2.75. The van der Waals surface area contributed by atoms with E-state index in [0.717, 1.165) is 0 Å². The molecule has 0 N–H and O–H groups in total. The number of benzene rings is 1. The average molecular weight is 280 g/mol. The highest BCUT2D eigenvalue weighted by Gasteiger charge is 2.14. The number of halogens is 3. The molecule has 1 aromatic carbocycles. The van der Waals surface area contributed by atoms with Crippen molar-refractivity contribution in [2.75, 3.05) is 0 Å². The first-order valence-electron chi connectivity index (χ1n) is 4.12. The summed E-state index contributed by atoms with van der Waals surface area (Å²) in [5.74, 6) is 0. The van der Waals surface area contributed by atoms with Gasteiger partial charge in [-0.2, -0.15) is 0 Å². The Hall–Kier alpha value is -0.900. The summed E-state index contributed by atoms with van der Waals surface area (Å²) in [5.41, 5.74) is 0.597. The first-order valence-corrected chi connectivity index (χ1v) is 5.26. The number of hydrogen-bond donors (Lipinski definition) is 0. The molecule has 0 saturated carbocycles. The van der Waals surface area contributed by atoms with Gasteiger partial charge >= 0.3 is 0 Å². The fourth-order valence-electron chi connectivity index (χ4n) is 1.20. The molecule has 0 aliphatic heterocycles. The maximum atomic E-state index is 11.0. The summed E-state index contributed by atoms with van der Waals surface area (Å²) in [6.45, 7) is 0. The van der Waals surface area contributed by atoms with E-state index in [1.165, 1.54) is 18.2 Å². The van der Waals surface area contributed by atoms with Crippen LogP contribution in [0.4, 0.5) is 0 Å². The maximum absolute atomic E-state index is 11.0. The smallest absolute Gasteiger partial charge is 0.252 e. The zero-order valence-electron chi connectivity index (χ0n) is 7.80. The van der Waals surface area contributed by atoms with E-state index in [4.69, 9.17) is 34.8 Å². The number of carbonyl (C=O) groups is 3. The minimum Gasteiger partial charge on any atom is -0.281 e. The highest BCUT2D eigenvalue weighted by molar-refractivity contribution is 6.69. The molecule has 16 heavy (non-hydrogen) atoms. The van der Waals surface area contributed by atoms with Crippen molar-refractivity contribution in [1.82, 2.24) is 0 Å². The van der Waals surface area contributed by atoms with Crippen LogP contribution in [-0.2, 0) is 11.2 Å². The first kappa shape index (κ1) is 13.2. The molecule has 0 spiro atoms. The van der Waals surface area contributed by atoms with Crippen LogP contribution in [0.25, 0.3) is 0 Å². The van der Waals surface area contributed by atoms with Gasteiger partial charge in [0.15, 0.2) is 0 Å². The summed E-state index contributed by atoms with van der Waals surface area (Å²) in [6, 6.07) is 4.01. The van der Waals surface area contributed by atoms with Crippen molar-refractivity contribution in [3.63, 3.8) is 0 Å². The van der Waals surface area contributed by atoms with E-state index in [2.05, 4.69) is 0 Å². The number of carbonyl (C=O) groups excluding carboxylic acids is 3. The minimum absolute atomic E-state index is 0.136. The molecule has 1 aromatic rings. The molecule has 0 unspecified atom stereocenters. The Balaban J connectivity index is 3.26. The molecule has 0 fully saturated rings. The molecule has 0 aromatic heterocycles. The van der Waals surface area contributed by atoms with Crippen molar-refractivity contribution in [1.29, 1.82) is 0 Å². The highest BCUT2D eigenvalue weighted by Crippen LogP contribution is 2.17. The predicted molar refractivity (Wildman–Crippen MR) is 61.4 cm³/mol. The van der Waals surface area contributed by atoms with E-state index in [-0.39, 0.29) is 23.1 Å². The van der Waals surface area contributed by atoms with Crippen molar-refractivity contribution in [2.24, 2.45) is 0 Å². The second-order valence-corrected chi connectivity index (χ2v) is 4.06. The van der Waals surface area contributed by atoms with E-state index in [1.807, 2.05) is 0 Å². The van der Waals surface area contributed by atoms with E-state index in [0.29, 0.717) is 0 Å². The number of hydrogen-bond acceptors (Lipinski definition) is 3. The molecule has 0 aliphatic carbocycles. The van der Waals surface area contributed by atoms with Crippen molar-refractivity contribution in [3.05, 3.63) is 34.9 Å². The van der Waals surface area contributed by atoms with Gasteiger partial charge in [-0.05, 0) is 58.6 Å². The summed E-state index contributed by atoms with van der Waals surface area (Å²) in [5, 5.41) is -2.06. The molecule has 1 rings (SSSR count). The second kappa shape index (κ2) is 5.43. The van der Waals surface area contributed by atoms with E-state index in [9.17, 15) is 14.4 Å². The summed E-state index contributed by atoms with van der Waals surface area (Å²) >= 11 is 15.8. The molecule has 3 nitrogen and oxygen atoms in total. The van der Waals surface area contributed by atoms with Crippen LogP contribution in [0.2, 0.25) is 0 Å². The average Bonchev–Trinajstić information content (AvgIpc) is 2.15. The highest BCUT2D eigenvalue weighted by atomic mass is 35.5. The van der Waals surface area contributed by atoms with Gasteiger partial charge in [-0.25, -0.2) is 0 Å². The van der Waals surface area contributed by atoms with Gasteiger partial charge in [0.25, 0.3) is 10.5 Å². The van der Waals surface area contributed by atoms with Gasteiger partial charge in [-0.1, -0.05) is 0 Å². The third-order valence-corrected chi connectivity index (χ3v) is 2.43. The van der Waals surface area contributed by atoms with Crippen LogP contribution in [0.15, 0.2) is 18.2 Å². The van der Waals surface area contributed by atoms with Gasteiger partial charge in [-0.15, -0.1) is 0 Å². The third kappa shape index (κ3) is 3.30. The third-order valence-electron chi connectivity index (χ3n) is 1.87. The van der Waals surface area contributed by atoms with Crippen molar-refractivity contribution >= 4 is 50.5 Å². The molecular formula is C10H5Cl3O3. The lowest BCUT2D eigenvalue weighted by molar-refractivity contribution is -0.111. The molecule has 6 heteroatoms. The van der Waals surface area contributed by atoms with Crippen molar-refractivity contribution < 1.29 is 14.4 Å². The van der Waals surface area contributed by atoms with Gasteiger partial charge in [0, 0.05) is 17.5 Å². The van der Waals surface area contributed by atoms with E-state index >= 15 is 0 Å². The van der Waals surface area contributed by atoms with Crippen LogP contribution in [0.3, 0.4) is 0 Å². The van der Waals surface area contributed by atoms with Crippen LogP contribution >= 0.6 is 34.8 Å². The summed E-state index contributed by atoms with van der Waals surface area (Å²) in [6.07, 6.45) is -0.187. The fraction of sp³-hybridized carbons (Fsp3) is 0.100. The van der Waals surface area contributed by atoms with E-state index in [1.54, 1.807) is 0 Å². The fourth-order valence-corrected chi connectivity index (χ4v) is 1.65. The standard InChI is InChI=1S/C10H5Cl3O3/c11-8(14)4-6-3-5(9(12)15)1-2-7(6)10(13)16/h1-3H,4H2. The zero-order valence-corrected chi connectivity index (χ0v) is 10.1. The lowest BCUT2D eigenvalue weighted by Crippen LogP contribution is -2.04. The molecule has 0 amide bonds. The molecular weight excluding hydrogens is 274 g/mol. The Bertz CT molecular complexity index is 468. The molecule has 0 aliphatic rings. The normalized spacial score (nSPS) is 9.94. The Morgan fingerprint density at radius 3 is 2.06 bits per heavy atom. The molecule has 0 radical (unpaired) electrons. The Morgan fingerprint density at radius 1 is 1.00 bits per heavy atom. The Kier molecular flexibility index (Phi) is 4.47. The lowest BCUT2D eigenvalue weighted by atomic mass is 10.0. The molecule has 0 heterocycles. The maximum Gasteiger partial charge on any atom is 0.252 e. The zero-order chi connectivity index (χ0) is 12.3. The summed E-state index contributed by atoms with van der Waals surface area (Å²) in [4.78, 5) is 32.7. The van der Waals surface area contributed by atoms with Crippen molar-refractivity contribution in [3.8, 4) is 0 Å². The second-order valence-electron chi connectivity index (χ2n) is 2.95. The molecule has 84 valence electrons. The van der Waals surface area contributed by atoms with Crippen molar-refractivity contribution in [2.45, 2.75) is 6.42 Å². The summed E-state index contributed by atoms with van der Waals surface area (Å²) in [7, 11) is 0. The first-order chi connectivity index (χ1) is 7.41. The number of rotatable bonds is 4. The Morgan fingerprint density at radius 2 is 1.62 bits per heavy atom. The van der Waals surface area contributed by atoms with Crippen LogP contribution in [0.1, 0.15) is 26.3 Å². The minimum atomic E-state index is -0.721. The van der Waals surface area contributed by atoms with E-state index < -0.39 is 15.7 Å². The topological polar surface area (TPSA) is 51.2 Å². The largest absolute Gasteiger partial charge is 0.281 e. The van der Waals surface area contributed by atoms with Gasteiger partial charge in [0.05, 0.1) is 0 Å².